The third kappa shape index (κ3) is 3.14. The van der Waals surface area contributed by atoms with Crippen LogP contribution < -0.4 is 0 Å². The Hall–Kier alpha value is -3.99. The van der Waals surface area contributed by atoms with Crippen LogP contribution in [0.15, 0.2) is 57.5 Å². The number of nitro groups is 1. The maximum atomic E-state index is 12.4. The molecule has 0 radical (unpaired) electrons. The van der Waals surface area contributed by atoms with E-state index in [0.717, 1.165) is 4.90 Å². The van der Waals surface area contributed by atoms with Gasteiger partial charge in [-0.25, -0.2) is 0 Å². The fourth-order valence-corrected chi connectivity index (χ4v) is 2.70. The van der Waals surface area contributed by atoms with Gasteiger partial charge in [0.15, 0.2) is 0 Å². The maximum Gasteiger partial charge on any atom is 0.271 e. The molecule has 2 aromatic rings. The van der Waals surface area contributed by atoms with Crippen LogP contribution in [0.2, 0.25) is 0 Å². The summed E-state index contributed by atoms with van der Waals surface area (Å²) in [7, 11) is 1.30. The van der Waals surface area contributed by atoms with Crippen LogP contribution in [-0.4, -0.2) is 28.7 Å². The monoisotopic (exact) mass is 363 g/mol. The van der Waals surface area contributed by atoms with Crippen LogP contribution in [0.25, 0.3) is 17.4 Å². The van der Waals surface area contributed by atoms with Crippen molar-refractivity contribution >= 4 is 23.6 Å². The second-order valence-electron chi connectivity index (χ2n) is 5.85. The zero-order valence-electron chi connectivity index (χ0n) is 14.4. The molecule has 1 aliphatic heterocycles. The summed E-state index contributed by atoms with van der Waals surface area (Å²) in [6, 6.07) is 11.0. The summed E-state index contributed by atoms with van der Waals surface area (Å²) in [5.41, 5.74) is 0.797. The van der Waals surface area contributed by atoms with Gasteiger partial charge in [-0.2, -0.15) is 5.26 Å². The van der Waals surface area contributed by atoms with E-state index in [4.69, 9.17) is 4.42 Å². The van der Waals surface area contributed by atoms with Crippen molar-refractivity contribution in [2.45, 2.75) is 6.92 Å². The number of furan rings is 1. The van der Waals surface area contributed by atoms with Crippen molar-refractivity contribution in [2.24, 2.45) is 0 Å². The number of nitrogens with zero attached hydrogens (tertiary/aromatic N) is 3. The summed E-state index contributed by atoms with van der Waals surface area (Å²) < 4.78 is 5.67. The Morgan fingerprint density at radius 3 is 2.63 bits per heavy atom. The minimum absolute atomic E-state index is 0.0659. The van der Waals surface area contributed by atoms with Crippen molar-refractivity contribution in [3.8, 4) is 17.4 Å². The van der Waals surface area contributed by atoms with Crippen molar-refractivity contribution in [1.29, 1.82) is 5.26 Å². The molecular weight excluding hydrogens is 350 g/mol. The van der Waals surface area contributed by atoms with E-state index in [2.05, 4.69) is 0 Å². The molecule has 1 aromatic carbocycles. The molecule has 0 saturated heterocycles. The van der Waals surface area contributed by atoms with E-state index in [1.807, 2.05) is 6.07 Å². The van der Waals surface area contributed by atoms with Gasteiger partial charge in [0.05, 0.1) is 4.92 Å². The lowest BCUT2D eigenvalue weighted by molar-refractivity contribution is -0.384. The van der Waals surface area contributed by atoms with Gasteiger partial charge in [-0.1, -0.05) is 12.1 Å². The molecule has 3 rings (SSSR count). The zero-order valence-corrected chi connectivity index (χ0v) is 14.4. The molecular formula is C19H13N3O5. The molecule has 0 N–H and O–H groups in total. The first-order valence-electron chi connectivity index (χ1n) is 7.83. The standard InChI is InChI=1S/C19H13N3O5/c1-11-15(18(23)21(2)19(24)16(11)10-20)9-14-6-7-17(27-14)12-4-3-5-13(8-12)22(25)26/h3-9H,1-2H3. The van der Waals surface area contributed by atoms with Gasteiger partial charge in [0, 0.05) is 30.3 Å². The molecule has 2 heterocycles. The van der Waals surface area contributed by atoms with Gasteiger partial charge in [0.2, 0.25) is 0 Å². The van der Waals surface area contributed by atoms with Crippen LogP contribution in [0.1, 0.15) is 12.7 Å². The summed E-state index contributed by atoms with van der Waals surface area (Å²) in [4.78, 5) is 35.6. The predicted octanol–water partition coefficient (Wildman–Crippen LogP) is 3.08. The molecule has 1 aliphatic rings. The first kappa shape index (κ1) is 17.8. The molecule has 0 spiro atoms. The van der Waals surface area contributed by atoms with E-state index in [9.17, 15) is 25.0 Å². The molecule has 27 heavy (non-hydrogen) atoms. The van der Waals surface area contributed by atoms with E-state index in [0.29, 0.717) is 17.1 Å². The fraction of sp³-hybridized carbons (Fsp3) is 0.105. The fourth-order valence-electron chi connectivity index (χ4n) is 2.70. The molecule has 0 aliphatic carbocycles. The van der Waals surface area contributed by atoms with Crippen LogP contribution in [0, 0.1) is 21.4 Å². The first-order chi connectivity index (χ1) is 12.8. The van der Waals surface area contributed by atoms with Gasteiger partial charge >= 0.3 is 0 Å². The van der Waals surface area contributed by atoms with Crippen molar-refractivity contribution in [1.82, 2.24) is 4.90 Å². The first-order valence-corrected chi connectivity index (χ1v) is 7.83. The quantitative estimate of drug-likeness (QED) is 0.358. The molecule has 0 fully saturated rings. The molecule has 0 saturated carbocycles. The van der Waals surface area contributed by atoms with Gasteiger partial charge in [-0.15, -0.1) is 0 Å². The van der Waals surface area contributed by atoms with E-state index in [1.54, 1.807) is 24.3 Å². The number of carbonyl (C=O) groups is 2. The van der Waals surface area contributed by atoms with E-state index in [-0.39, 0.29) is 22.4 Å². The van der Waals surface area contributed by atoms with Crippen molar-refractivity contribution < 1.29 is 18.9 Å². The number of carbonyl (C=O) groups excluding carboxylic acids is 2. The van der Waals surface area contributed by atoms with Crippen molar-refractivity contribution in [3.05, 3.63) is 69.0 Å². The number of non-ortho nitro benzene ring substituents is 1. The minimum Gasteiger partial charge on any atom is -0.457 e. The number of amides is 2. The van der Waals surface area contributed by atoms with E-state index >= 15 is 0 Å². The second-order valence-corrected chi connectivity index (χ2v) is 5.85. The Balaban J connectivity index is 2.02. The van der Waals surface area contributed by atoms with Crippen LogP contribution in [0.5, 0.6) is 0 Å². The number of nitriles is 1. The Morgan fingerprint density at radius 2 is 1.96 bits per heavy atom. The third-order valence-electron chi connectivity index (χ3n) is 4.20. The highest BCUT2D eigenvalue weighted by Gasteiger charge is 2.33. The zero-order chi connectivity index (χ0) is 19.7. The van der Waals surface area contributed by atoms with Crippen LogP contribution in [0.4, 0.5) is 5.69 Å². The lowest BCUT2D eigenvalue weighted by Gasteiger charge is -2.23. The van der Waals surface area contributed by atoms with Gasteiger partial charge < -0.3 is 4.42 Å². The van der Waals surface area contributed by atoms with Crippen LogP contribution in [-0.2, 0) is 9.59 Å². The molecule has 134 valence electrons. The topological polar surface area (TPSA) is 117 Å². The summed E-state index contributed by atoms with van der Waals surface area (Å²) in [5.74, 6) is -0.474. The average Bonchev–Trinajstić information content (AvgIpc) is 3.13. The largest absolute Gasteiger partial charge is 0.457 e. The Morgan fingerprint density at radius 1 is 1.22 bits per heavy atom. The van der Waals surface area contributed by atoms with E-state index < -0.39 is 16.7 Å². The number of nitro benzene ring substituents is 1. The Bertz CT molecular complexity index is 1080. The highest BCUT2D eigenvalue weighted by Crippen LogP contribution is 2.29. The smallest absolute Gasteiger partial charge is 0.271 e. The Labute approximate surface area is 153 Å². The average molecular weight is 363 g/mol. The highest BCUT2D eigenvalue weighted by molar-refractivity contribution is 6.19. The minimum atomic E-state index is -0.645. The number of rotatable bonds is 3. The molecule has 8 heteroatoms. The number of likely N-dealkylation sites (N-methyl/N-ethyl adjacent to an activating group) is 1. The van der Waals surface area contributed by atoms with Crippen LogP contribution >= 0.6 is 0 Å². The van der Waals surface area contributed by atoms with Crippen LogP contribution in [0.3, 0.4) is 0 Å². The highest BCUT2D eigenvalue weighted by atomic mass is 16.6. The third-order valence-corrected chi connectivity index (χ3v) is 4.20. The molecule has 0 unspecified atom stereocenters. The van der Waals surface area contributed by atoms with Gasteiger partial charge in [-0.3, -0.25) is 24.6 Å². The summed E-state index contributed by atoms with van der Waals surface area (Å²) in [6.45, 7) is 1.53. The normalized spacial score (nSPS) is 16.0. The van der Waals surface area contributed by atoms with Gasteiger partial charge in [-0.05, 0) is 30.7 Å². The summed E-state index contributed by atoms with van der Waals surface area (Å²) in [6.07, 6.45) is 1.44. The van der Waals surface area contributed by atoms with E-state index in [1.165, 1.54) is 32.2 Å². The number of hydrogen-bond donors (Lipinski definition) is 0. The summed E-state index contributed by atoms with van der Waals surface area (Å²) >= 11 is 0. The number of benzene rings is 1. The number of imide groups is 1. The van der Waals surface area contributed by atoms with Crippen molar-refractivity contribution in [3.63, 3.8) is 0 Å². The second kappa shape index (κ2) is 6.72. The lowest BCUT2D eigenvalue weighted by atomic mass is 9.95. The summed E-state index contributed by atoms with van der Waals surface area (Å²) in [5, 5.41) is 20.1. The maximum absolute atomic E-state index is 12.4. The van der Waals surface area contributed by atoms with Gasteiger partial charge in [0.25, 0.3) is 17.5 Å². The molecule has 1 aromatic heterocycles. The molecule has 0 bridgehead atoms. The molecule has 2 amide bonds. The lowest BCUT2D eigenvalue weighted by Crippen LogP contribution is -2.39. The SMILES string of the molecule is CC1=C(C#N)C(=O)N(C)C(=O)C1=Cc1ccc(-c2cccc([N+](=O)[O-])c2)o1. The predicted molar refractivity (Wildman–Crippen MR) is 94.9 cm³/mol. The molecule has 0 atom stereocenters. The molecule has 8 nitrogen and oxygen atoms in total. The Kier molecular flexibility index (Phi) is 4.44. The van der Waals surface area contributed by atoms with Crippen molar-refractivity contribution in [2.75, 3.05) is 7.05 Å². The van der Waals surface area contributed by atoms with Gasteiger partial charge in [0.1, 0.15) is 23.2 Å². The number of hydrogen-bond acceptors (Lipinski definition) is 6.